The zero-order chi connectivity index (χ0) is 6.41. The van der Waals surface area contributed by atoms with E-state index >= 15 is 0 Å². The molecule has 0 rings (SSSR count). The van der Waals surface area contributed by atoms with E-state index in [0.717, 1.165) is 12.1 Å². The Morgan fingerprint density at radius 1 is 1.50 bits per heavy atom. The molecule has 0 saturated heterocycles. The van der Waals surface area contributed by atoms with E-state index in [2.05, 4.69) is 13.8 Å². The lowest BCUT2D eigenvalue weighted by molar-refractivity contribution is 1.47. The minimum absolute atomic E-state index is 0.333. The van der Waals surface area contributed by atoms with Crippen LogP contribution < -0.4 is 0 Å². The third kappa shape index (κ3) is 4.98. The lowest BCUT2D eigenvalue weighted by atomic mass is 9.52. The highest BCUT2D eigenvalue weighted by molar-refractivity contribution is 8.87. The molecule has 8 heavy (non-hydrogen) atoms. The first kappa shape index (κ1) is 8.83. The van der Waals surface area contributed by atoms with Gasteiger partial charge in [0.2, 0.25) is 0 Å². The summed E-state index contributed by atoms with van der Waals surface area (Å²) in [6.07, 6.45) is 1.07. The van der Waals surface area contributed by atoms with Crippen molar-refractivity contribution in [1.82, 2.24) is 0 Å². The van der Waals surface area contributed by atoms with Crippen LogP contribution >= 0.6 is 21.4 Å². The summed E-state index contributed by atoms with van der Waals surface area (Å²) >= 11 is 0. The molecule has 0 amide bonds. The summed E-state index contributed by atoms with van der Waals surface area (Å²) in [7, 11) is 9.20. The van der Waals surface area contributed by atoms with Crippen LogP contribution in [0.2, 0.25) is 6.32 Å². The first-order valence-corrected chi connectivity index (χ1v) is 5.23. The van der Waals surface area contributed by atoms with Gasteiger partial charge in [-0.2, -0.15) is 10.6 Å². The molecular weight excluding hydrogens is 134 g/mol. The Labute approximate surface area is 61.3 Å². The quantitative estimate of drug-likeness (QED) is 0.437. The minimum atomic E-state index is 0.333. The van der Waals surface area contributed by atoms with Gasteiger partial charge in [0.05, 0.1) is 0 Å². The highest BCUT2D eigenvalue weighted by Crippen LogP contribution is 2.23. The highest BCUT2D eigenvalue weighted by Gasteiger charge is 2.00. The van der Waals surface area contributed by atoms with Crippen molar-refractivity contribution in [2.45, 2.75) is 20.2 Å². The molecule has 0 atom stereocenters. The number of hydrogen-bond donors (Lipinski definition) is 0. The van der Waals surface area contributed by atoms with Crippen LogP contribution in [0.25, 0.3) is 0 Å². The summed E-state index contributed by atoms with van der Waals surface area (Å²) in [4.78, 5) is 0. The van der Waals surface area contributed by atoms with Crippen molar-refractivity contribution >= 4 is 35.1 Å². The first-order valence-electron chi connectivity index (χ1n) is 2.85. The fourth-order valence-corrected chi connectivity index (χ4v) is 2.01. The Morgan fingerprint density at radius 3 is 2.50 bits per heavy atom. The van der Waals surface area contributed by atoms with E-state index < -0.39 is 0 Å². The van der Waals surface area contributed by atoms with Gasteiger partial charge in [-0.3, -0.25) is 0 Å². The monoisotopic (exact) mass is 144 g/mol. The molecule has 0 aliphatic carbocycles. The van der Waals surface area contributed by atoms with Gasteiger partial charge in [0.25, 0.3) is 0 Å². The maximum absolute atomic E-state index is 5.60. The van der Waals surface area contributed by atoms with E-state index in [9.17, 15) is 0 Å². The van der Waals surface area contributed by atoms with Crippen molar-refractivity contribution in [2.24, 2.45) is 0 Å². The summed E-state index contributed by atoms with van der Waals surface area (Å²) in [5, 5.41) is 0. The fourth-order valence-electron chi connectivity index (χ4n) is 0.223. The summed E-state index contributed by atoms with van der Waals surface area (Å²) in [5.41, 5.74) is 0. The summed E-state index contributed by atoms with van der Waals surface area (Å²) in [5.74, 6) is 1.48. The Kier molecular flexibility index (Phi) is 6.58. The molecule has 0 heterocycles. The van der Waals surface area contributed by atoms with Crippen molar-refractivity contribution < 1.29 is 0 Å². The van der Waals surface area contributed by atoms with Crippen molar-refractivity contribution in [2.75, 3.05) is 5.75 Å². The molecule has 0 saturated carbocycles. The average Bonchev–Trinajstić information content (AvgIpc) is 1.83. The molecule has 0 aromatic heterocycles. The Hall–Kier alpha value is 0.830. The lowest BCUT2D eigenvalue weighted by Gasteiger charge is -2.00. The van der Waals surface area contributed by atoms with Gasteiger partial charge in [0.15, 0.2) is 5.88 Å². The van der Waals surface area contributed by atoms with E-state index in [1.807, 2.05) is 10.8 Å². The van der Waals surface area contributed by atoms with E-state index in [-0.39, 0.29) is 0 Å². The molecule has 0 aromatic rings. The largest absolute Gasteiger partial charge is 0.172 e. The zero-order valence-electron chi connectivity index (χ0n) is 5.39. The number of hydrogen-bond acceptors (Lipinski definition) is 2. The Morgan fingerprint density at radius 2 is 2.12 bits per heavy atom. The van der Waals surface area contributed by atoms with Gasteiger partial charge in [0, 0.05) is 7.74 Å². The first-order chi connectivity index (χ1) is 3.81. The second kappa shape index (κ2) is 5.96. The molecular formula is C4H10B2S2. The Bertz CT molecular complexity index is 51.3. The maximum atomic E-state index is 5.60. The van der Waals surface area contributed by atoms with Crippen LogP contribution in [0, 0.1) is 0 Å². The van der Waals surface area contributed by atoms with E-state index in [0.29, 0.717) is 5.88 Å². The second-order valence-electron chi connectivity index (χ2n) is 1.45. The molecule has 0 aromatic carbocycles. The normalized spacial score (nSPS) is 9.25. The van der Waals surface area contributed by atoms with E-state index in [1.54, 1.807) is 10.6 Å². The summed E-state index contributed by atoms with van der Waals surface area (Å²) in [6.45, 7) is 4.24. The lowest BCUT2D eigenvalue weighted by Crippen LogP contribution is -2.02. The van der Waals surface area contributed by atoms with E-state index in [4.69, 9.17) is 7.74 Å². The smallest absolute Gasteiger partial charge is 0.157 e. The van der Waals surface area contributed by atoms with Gasteiger partial charge in [0.1, 0.15) is 0 Å². The molecule has 0 fully saturated rings. The molecule has 4 heteroatoms. The molecule has 2 radical (unpaired) electrons. The summed E-state index contributed by atoms with van der Waals surface area (Å²) in [6, 6.07) is 0. The van der Waals surface area contributed by atoms with Gasteiger partial charge in [-0.15, -0.1) is 10.8 Å². The maximum Gasteiger partial charge on any atom is 0.172 e. The van der Waals surface area contributed by atoms with Crippen LogP contribution in [0.1, 0.15) is 13.8 Å². The number of rotatable bonds is 4. The molecule has 0 spiro atoms. The molecule has 0 aliphatic heterocycles. The van der Waals surface area contributed by atoms with Crippen LogP contribution in [-0.2, 0) is 0 Å². The zero-order valence-corrected chi connectivity index (χ0v) is 7.02. The predicted molar refractivity (Wildman–Crippen MR) is 47.7 cm³/mol. The van der Waals surface area contributed by atoms with Crippen LogP contribution in [-0.4, -0.2) is 19.4 Å². The van der Waals surface area contributed by atoms with Crippen molar-refractivity contribution in [1.29, 1.82) is 0 Å². The van der Waals surface area contributed by atoms with Gasteiger partial charge in [-0.05, 0) is 5.75 Å². The van der Waals surface area contributed by atoms with Crippen molar-refractivity contribution in [3.05, 3.63) is 0 Å². The SMILES string of the molecule is [B]B(CC)SSCC. The Balaban J connectivity index is 2.86. The molecule has 0 N–H and O–H groups in total. The molecule has 0 nitrogen and oxygen atoms in total. The standard InChI is InChI=1S/C4H10B2S2/c1-3-6(5)8-7-4-2/h3-4H2,1-2H3. The highest BCUT2D eigenvalue weighted by atomic mass is 33.1. The summed E-state index contributed by atoms with van der Waals surface area (Å²) < 4.78 is 0. The minimum Gasteiger partial charge on any atom is -0.157 e. The molecule has 0 unspecified atom stereocenters. The van der Waals surface area contributed by atoms with Crippen LogP contribution in [0.4, 0.5) is 0 Å². The fraction of sp³-hybridized carbons (Fsp3) is 1.00. The van der Waals surface area contributed by atoms with Gasteiger partial charge < -0.3 is 0 Å². The van der Waals surface area contributed by atoms with Gasteiger partial charge >= 0.3 is 0 Å². The van der Waals surface area contributed by atoms with E-state index in [1.165, 1.54) is 0 Å². The molecule has 0 bridgehead atoms. The third-order valence-electron chi connectivity index (χ3n) is 0.712. The molecule has 44 valence electrons. The van der Waals surface area contributed by atoms with Gasteiger partial charge in [-0.25, -0.2) is 0 Å². The average molecular weight is 144 g/mol. The van der Waals surface area contributed by atoms with Crippen LogP contribution in [0.3, 0.4) is 0 Å². The van der Waals surface area contributed by atoms with Crippen molar-refractivity contribution in [3.63, 3.8) is 0 Å². The van der Waals surface area contributed by atoms with Gasteiger partial charge in [-0.1, -0.05) is 20.2 Å². The van der Waals surface area contributed by atoms with Crippen LogP contribution in [0.5, 0.6) is 0 Å². The molecule has 0 aliphatic rings. The predicted octanol–water partition coefficient (Wildman–Crippen LogP) is 2.06. The van der Waals surface area contributed by atoms with Crippen LogP contribution in [0.15, 0.2) is 0 Å². The van der Waals surface area contributed by atoms with Crippen molar-refractivity contribution in [3.8, 4) is 0 Å². The topological polar surface area (TPSA) is 0 Å². The second-order valence-corrected chi connectivity index (χ2v) is 4.34. The third-order valence-corrected chi connectivity index (χ3v) is 3.52.